The number of halogens is 5. The van der Waals surface area contributed by atoms with Gasteiger partial charge in [-0.15, -0.1) is 0 Å². The summed E-state index contributed by atoms with van der Waals surface area (Å²) in [5.74, 6) is -1.68. The molecule has 1 aromatic heterocycles. The van der Waals surface area contributed by atoms with E-state index in [1.807, 2.05) is 0 Å². The molecule has 0 radical (unpaired) electrons. The van der Waals surface area contributed by atoms with Crippen LogP contribution in [0.4, 0.5) is 13.2 Å². The minimum absolute atomic E-state index is 0.0442. The smallest absolute Gasteiger partial charge is 0.450 e. The van der Waals surface area contributed by atoms with Crippen LogP contribution in [0.2, 0.25) is 5.02 Å². The number of hydrogen-bond acceptors (Lipinski definition) is 4. The summed E-state index contributed by atoms with van der Waals surface area (Å²) in [6.07, 6.45) is -4.91. The number of ketones is 1. The van der Waals surface area contributed by atoms with Crippen molar-refractivity contribution in [3.63, 3.8) is 0 Å². The van der Waals surface area contributed by atoms with Crippen molar-refractivity contribution in [3.05, 3.63) is 97.8 Å². The standard InChI is InChI=1S/C24H13BrClF3O4/c25-15-5-1-14(2-6-15)21-22(31)18-10-9-17(11-20(18)33-23(21)24(27,28)29)32-12-19(30)13-3-7-16(26)8-4-13/h1-11H,12H2. The van der Waals surface area contributed by atoms with Gasteiger partial charge in [-0.25, -0.2) is 0 Å². The van der Waals surface area contributed by atoms with E-state index in [0.29, 0.717) is 15.1 Å². The van der Waals surface area contributed by atoms with Gasteiger partial charge < -0.3 is 9.15 Å². The van der Waals surface area contributed by atoms with Gasteiger partial charge in [-0.1, -0.05) is 39.7 Å². The first kappa shape index (κ1) is 23.1. The lowest BCUT2D eigenvalue weighted by Gasteiger charge is -2.13. The maximum absolute atomic E-state index is 13.8. The number of ether oxygens (including phenoxy) is 1. The molecule has 0 fully saturated rings. The number of carbonyl (C=O) groups is 1. The van der Waals surface area contributed by atoms with Crippen molar-refractivity contribution in [3.8, 4) is 16.9 Å². The molecule has 33 heavy (non-hydrogen) atoms. The maximum Gasteiger partial charge on any atom is 0.450 e. The van der Waals surface area contributed by atoms with Gasteiger partial charge in [-0.2, -0.15) is 13.2 Å². The Hall–Kier alpha value is -3.10. The van der Waals surface area contributed by atoms with E-state index in [9.17, 15) is 22.8 Å². The van der Waals surface area contributed by atoms with Crippen LogP contribution in [-0.4, -0.2) is 12.4 Å². The molecule has 0 bridgehead atoms. The van der Waals surface area contributed by atoms with Crippen LogP contribution < -0.4 is 10.2 Å². The second-order valence-corrected chi connectivity index (χ2v) is 8.37. The van der Waals surface area contributed by atoms with Crippen molar-refractivity contribution in [1.82, 2.24) is 0 Å². The highest BCUT2D eigenvalue weighted by Gasteiger charge is 2.39. The number of carbonyl (C=O) groups excluding carboxylic acids is 1. The Morgan fingerprint density at radius 3 is 2.30 bits per heavy atom. The summed E-state index contributed by atoms with van der Waals surface area (Å²) in [6.45, 7) is -0.361. The molecule has 0 unspecified atom stereocenters. The molecule has 0 saturated carbocycles. The van der Waals surface area contributed by atoms with Crippen LogP contribution in [-0.2, 0) is 6.18 Å². The van der Waals surface area contributed by atoms with Gasteiger partial charge in [0.15, 0.2) is 12.4 Å². The molecule has 0 aliphatic rings. The first-order valence-electron chi connectivity index (χ1n) is 9.49. The van der Waals surface area contributed by atoms with Gasteiger partial charge in [-0.3, -0.25) is 9.59 Å². The van der Waals surface area contributed by atoms with Crippen LogP contribution in [0.15, 0.2) is 80.4 Å². The minimum Gasteiger partial charge on any atom is -0.485 e. The average molecular weight is 538 g/mol. The van der Waals surface area contributed by atoms with Crippen molar-refractivity contribution < 1.29 is 27.1 Å². The molecule has 0 atom stereocenters. The Bertz CT molecular complexity index is 1400. The highest BCUT2D eigenvalue weighted by Crippen LogP contribution is 2.38. The minimum atomic E-state index is -4.91. The Kier molecular flexibility index (Phi) is 6.32. The van der Waals surface area contributed by atoms with E-state index < -0.39 is 22.9 Å². The van der Waals surface area contributed by atoms with Gasteiger partial charge in [0, 0.05) is 21.1 Å². The summed E-state index contributed by atoms with van der Waals surface area (Å²) in [6, 6.07) is 15.9. The SMILES string of the molecule is O=C(COc1ccc2c(=O)c(-c3ccc(Br)cc3)c(C(F)(F)F)oc2c1)c1ccc(Cl)cc1. The second kappa shape index (κ2) is 9.03. The van der Waals surface area contributed by atoms with Crippen LogP contribution in [0, 0.1) is 0 Å². The molecule has 3 aromatic carbocycles. The topological polar surface area (TPSA) is 56.5 Å². The van der Waals surface area contributed by atoms with Gasteiger partial charge in [-0.05, 0) is 54.1 Å². The Morgan fingerprint density at radius 1 is 1.00 bits per heavy atom. The fraction of sp³-hybridized carbons (Fsp3) is 0.0833. The van der Waals surface area contributed by atoms with Crippen molar-refractivity contribution in [2.75, 3.05) is 6.61 Å². The molecule has 0 spiro atoms. The molecule has 4 rings (SSSR count). The number of fused-ring (bicyclic) bond motifs is 1. The number of alkyl halides is 3. The second-order valence-electron chi connectivity index (χ2n) is 7.02. The van der Waals surface area contributed by atoms with E-state index >= 15 is 0 Å². The van der Waals surface area contributed by atoms with Crippen LogP contribution in [0.25, 0.3) is 22.1 Å². The van der Waals surface area contributed by atoms with Gasteiger partial charge in [0.1, 0.15) is 11.3 Å². The molecule has 1 heterocycles. The molecule has 168 valence electrons. The van der Waals surface area contributed by atoms with Crippen LogP contribution in [0.5, 0.6) is 5.75 Å². The van der Waals surface area contributed by atoms with Crippen molar-refractivity contribution in [2.45, 2.75) is 6.18 Å². The summed E-state index contributed by atoms with van der Waals surface area (Å²) in [5.41, 5.74) is -1.26. The molecule has 0 amide bonds. The summed E-state index contributed by atoms with van der Waals surface area (Å²) in [5, 5.41) is 0.428. The van der Waals surface area contributed by atoms with E-state index in [-0.39, 0.29) is 34.7 Å². The molecule has 0 saturated heterocycles. The summed E-state index contributed by atoms with van der Waals surface area (Å²) in [7, 11) is 0. The molecule has 0 aliphatic heterocycles. The molecular weight excluding hydrogens is 525 g/mol. The monoisotopic (exact) mass is 536 g/mol. The number of rotatable bonds is 5. The van der Waals surface area contributed by atoms with E-state index in [4.69, 9.17) is 20.8 Å². The first-order valence-corrected chi connectivity index (χ1v) is 10.7. The third kappa shape index (κ3) is 4.96. The first-order chi connectivity index (χ1) is 15.6. The lowest BCUT2D eigenvalue weighted by atomic mass is 10.0. The largest absolute Gasteiger partial charge is 0.485 e. The third-order valence-electron chi connectivity index (χ3n) is 4.79. The lowest BCUT2D eigenvalue weighted by Crippen LogP contribution is -2.16. The highest BCUT2D eigenvalue weighted by atomic mass is 79.9. The van der Waals surface area contributed by atoms with Crippen LogP contribution in [0.1, 0.15) is 16.1 Å². The Morgan fingerprint density at radius 2 is 1.67 bits per heavy atom. The fourth-order valence-electron chi connectivity index (χ4n) is 3.21. The summed E-state index contributed by atoms with van der Waals surface area (Å²) >= 11 is 9.02. The normalized spacial score (nSPS) is 11.5. The van der Waals surface area contributed by atoms with Crippen LogP contribution in [0.3, 0.4) is 0 Å². The van der Waals surface area contributed by atoms with Gasteiger partial charge in [0.2, 0.25) is 11.2 Å². The zero-order chi connectivity index (χ0) is 23.8. The lowest BCUT2D eigenvalue weighted by molar-refractivity contribution is -0.152. The fourth-order valence-corrected chi connectivity index (χ4v) is 3.60. The third-order valence-corrected chi connectivity index (χ3v) is 5.57. The molecule has 0 N–H and O–H groups in total. The van der Waals surface area contributed by atoms with E-state index in [1.54, 1.807) is 12.1 Å². The number of Topliss-reactive ketones (excluding diaryl/α,β-unsaturated/α-hetero) is 1. The maximum atomic E-state index is 13.8. The average Bonchev–Trinajstić information content (AvgIpc) is 2.78. The number of hydrogen-bond donors (Lipinski definition) is 0. The molecule has 0 aliphatic carbocycles. The zero-order valence-corrected chi connectivity index (χ0v) is 18.9. The van der Waals surface area contributed by atoms with Crippen molar-refractivity contribution in [2.24, 2.45) is 0 Å². The van der Waals surface area contributed by atoms with E-state index in [2.05, 4.69) is 15.9 Å². The highest BCUT2D eigenvalue weighted by molar-refractivity contribution is 9.10. The predicted octanol–water partition coefficient (Wildman–Crippen LogP) is 7.16. The van der Waals surface area contributed by atoms with Crippen molar-refractivity contribution >= 4 is 44.3 Å². The van der Waals surface area contributed by atoms with Gasteiger partial charge in [0.05, 0.1) is 10.9 Å². The number of benzene rings is 3. The summed E-state index contributed by atoms with van der Waals surface area (Å²) < 4.78 is 52.5. The zero-order valence-electron chi connectivity index (χ0n) is 16.6. The van der Waals surface area contributed by atoms with Crippen molar-refractivity contribution in [1.29, 1.82) is 0 Å². The van der Waals surface area contributed by atoms with E-state index in [1.165, 1.54) is 48.5 Å². The van der Waals surface area contributed by atoms with Gasteiger partial charge >= 0.3 is 6.18 Å². The molecular formula is C24H13BrClF3O4. The quantitative estimate of drug-likeness (QED) is 0.254. The molecule has 4 aromatic rings. The predicted molar refractivity (Wildman–Crippen MR) is 122 cm³/mol. The summed E-state index contributed by atoms with van der Waals surface area (Å²) in [4.78, 5) is 25.3. The van der Waals surface area contributed by atoms with Gasteiger partial charge in [0.25, 0.3) is 0 Å². The molecule has 9 heteroatoms. The molecule has 4 nitrogen and oxygen atoms in total. The Balaban J connectivity index is 1.71. The van der Waals surface area contributed by atoms with E-state index in [0.717, 1.165) is 6.07 Å². The van der Waals surface area contributed by atoms with Crippen LogP contribution >= 0.6 is 27.5 Å². The Labute approximate surface area is 198 Å².